The van der Waals surface area contributed by atoms with Crippen LogP contribution in [0, 0.1) is 5.92 Å². The summed E-state index contributed by atoms with van der Waals surface area (Å²) in [5.74, 6) is 0.633. The first-order chi connectivity index (χ1) is 7.58. The molecular formula is C10H18N4OS. The molecule has 16 heavy (non-hydrogen) atoms. The number of hydrogen-bond acceptors (Lipinski definition) is 5. The van der Waals surface area contributed by atoms with Crippen molar-refractivity contribution in [1.82, 2.24) is 9.36 Å². The van der Waals surface area contributed by atoms with Crippen molar-refractivity contribution in [3.05, 3.63) is 5.82 Å². The number of nitrogens with zero attached hydrogens (tertiary/aromatic N) is 2. The lowest BCUT2D eigenvalue weighted by atomic mass is 9.99. The van der Waals surface area contributed by atoms with Crippen molar-refractivity contribution < 1.29 is 4.79 Å². The molecule has 0 saturated carbocycles. The van der Waals surface area contributed by atoms with Crippen LogP contribution in [0.3, 0.4) is 0 Å². The van der Waals surface area contributed by atoms with Gasteiger partial charge in [-0.3, -0.25) is 4.79 Å². The molecule has 0 fully saturated rings. The van der Waals surface area contributed by atoms with Gasteiger partial charge in [0, 0.05) is 18.0 Å². The van der Waals surface area contributed by atoms with E-state index in [1.165, 1.54) is 11.5 Å². The van der Waals surface area contributed by atoms with Crippen molar-refractivity contribution in [1.29, 1.82) is 0 Å². The highest BCUT2D eigenvalue weighted by Gasteiger charge is 2.22. The molecule has 0 bridgehead atoms. The lowest BCUT2D eigenvalue weighted by molar-refractivity contribution is -0.119. The Balaban J connectivity index is 2.71. The fraction of sp³-hybridized carbons (Fsp3) is 0.700. The molecule has 2 unspecified atom stereocenters. The van der Waals surface area contributed by atoms with Gasteiger partial charge in [0.2, 0.25) is 11.0 Å². The molecule has 1 aromatic heterocycles. The molecule has 0 aliphatic rings. The molecule has 3 N–H and O–H groups in total. The Morgan fingerprint density at radius 3 is 2.69 bits per heavy atom. The number of primary amides is 1. The Hall–Kier alpha value is -1.17. The van der Waals surface area contributed by atoms with Gasteiger partial charge in [0.25, 0.3) is 0 Å². The second kappa shape index (κ2) is 5.79. The Bertz CT molecular complexity index is 352. The zero-order chi connectivity index (χ0) is 12.1. The Kier molecular flexibility index (Phi) is 4.67. The summed E-state index contributed by atoms with van der Waals surface area (Å²) in [6.45, 7) is 6.01. The number of aromatic nitrogens is 2. The Morgan fingerprint density at radius 1 is 1.56 bits per heavy atom. The molecule has 0 aliphatic heterocycles. The van der Waals surface area contributed by atoms with Crippen LogP contribution in [0.15, 0.2) is 0 Å². The van der Waals surface area contributed by atoms with Gasteiger partial charge in [0.1, 0.15) is 11.9 Å². The van der Waals surface area contributed by atoms with E-state index in [2.05, 4.69) is 14.7 Å². The van der Waals surface area contributed by atoms with Gasteiger partial charge in [-0.25, -0.2) is 4.98 Å². The van der Waals surface area contributed by atoms with Gasteiger partial charge < -0.3 is 11.1 Å². The first-order valence-electron chi connectivity index (χ1n) is 5.46. The molecule has 6 heteroatoms. The van der Waals surface area contributed by atoms with E-state index in [1.807, 2.05) is 20.8 Å². The van der Waals surface area contributed by atoms with Gasteiger partial charge in [0.15, 0.2) is 0 Å². The summed E-state index contributed by atoms with van der Waals surface area (Å²) in [5, 5.41) is 3.72. The van der Waals surface area contributed by atoms with Gasteiger partial charge in [-0.15, -0.1) is 0 Å². The Labute approximate surface area is 99.6 Å². The third kappa shape index (κ3) is 3.16. The van der Waals surface area contributed by atoms with Gasteiger partial charge in [0.05, 0.1) is 0 Å². The summed E-state index contributed by atoms with van der Waals surface area (Å²) in [6.07, 6.45) is 1.68. The summed E-state index contributed by atoms with van der Waals surface area (Å²) in [7, 11) is 0. The second-order valence-corrected chi connectivity index (χ2v) is 4.53. The average molecular weight is 242 g/mol. The van der Waals surface area contributed by atoms with Crippen LogP contribution in [0.2, 0.25) is 0 Å². The van der Waals surface area contributed by atoms with Crippen molar-refractivity contribution in [3.63, 3.8) is 0 Å². The van der Waals surface area contributed by atoms with E-state index in [0.29, 0.717) is 5.13 Å². The number of rotatable bonds is 6. The molecule has 0 aromatic carbocycles. The highest BCUT2D eigenvalue weighted by Crippen LogP contribution is 2.17. The van der Waals surface area contributed by atoms with Crippen molar-refractivity contribution in [2.24, 2.45) is 11.7 Å². The van der Waals surface area contributed by atoms with Crippen LogP contribution in [0.4, 0.5) is 5.13 Å². The number of nitrogens with one attached hydrogen (secondary N) is 1. The Morgan fingerprint density at radius 2 is 2.25 bits per heavy atom. The molecule has 1 aromatic rings. The summed E-state index contributed by atoms with van der Waals surface area (Å²) in [4.78, 5) is 15.6. The van der Waals surface area contributed by atoms with Crippen LogP contribution in [0.25, 0.3) is 0 Å². The smallest absolute Gasteiger partial charge is 0.240 e. The number of carbonyl (C=O) groups is 1. The standard InChI is InChI=1S/C10H18N4OS/c1-4-6(3)8(9(11)15)13-10-12-7(5-2)14-16-10/h6,8H,4-5H2,1-3H3,(H2,11,15)(H,12,13,14). The summed E-state index contributed by atoms with van der Waals surface area (Å²) in [6, 6.07) is -0.373. The van der Waals surface area contributed by atoms with Crippen LogP contribution in [-0.4, -0.2) is 21.3 Å². The average Bonchev–Trinajstić information content (AvgIpc) is 2.72. The number of anilines is 1. The van der Waals surface area contributed by atoms with Crippen molar-refractivity contribution in [2.45, 2.75) is 39.7 Å². The van der Waals surface area contributed by atoms with Crippen molar-refractivity contribution in [3.8, 4) is 0 Å². The van der Waals surface area contributed by atoms with E-state index < -0.39 is 0 Å². The maximum Gasteiger partial charge on any atom is 0.240 e. The highest BCUT2D eigenvalue weighted by molar-refractivity contribution is 7.09. The first-order valence-corrected chi connectivity index (χ1v) is 6.24. The molecule has 90 valence electrons. The monoisotopic (exact) mass is 242 g/mol. The van der Waals surface area contributed by atoms with Crippen LogP contribution in [0.5, 0.6) is 0 Å². The number of hydrogen-bond donors (Lipinski definition) is 2. The fourth-order valence-corrected chi connectivity index (χ4v) is 2.01. The second-order valence-electron chi connectivity index (χ2n) is 3.78. The van der Waals surface area contributed by atoms with E-state index in [0.717, 1.165) is 18.7 Å². The SMILES string of the molecule is CCc1nsc(NC(C(N)=O)C(C)CC)n1. The maximum absolute atomic E-state index is 11.3. The molecule has 0 spiro atoms. The van der Waals surface area contributed by atoms with Gasteiger partial charge in [-0.2, -0.15) is 4.37 Å². The van der Waals surface area contributed by atoms with Crippen LogP contribution in [0.1, 0.15) is 33.0 Å². The zero-order valence-corrected chi connectivity index (χ0v) is 10.7. The topological polar surface area (TPSA) is 80.9 Å². The number of aryl methyl sites for hydroxylation is 1. The maximum atomic E-state index is 11.3. The quantitative estimate of drug-likeness (QED) is 0.790. The molecule has 1 rings (SSSR count). The zero-order valence-electron chi connectivity index (χ0n) is 9.86. The third-order valence-electron chi connectivity index (χ3n) is 2.58. The van der Waals surface area contributed by atoms with Crippen molar-refractivity contribution >= 4 is 22.6 Å². The van der Waals surface area contributed by atoms with Crippen LogP contribution >= 0.6 is 11.5 Å². The molecule has 0 saturated heterocycles. The molecule has 1 amide bonds. The lowest BCUT2D eigenvalue weighted by Crippen LogP contribution is -2.40. The minimum atomic E-state index is -0.373. The van der Waals surface area contributed by atoms with Crippen LogP contribution < -0.4 is 11.1 Å². The van der Waals surface area contributed by atoms with Gasteiger partial charge in [-0.05, 0) is 5.92 Å². The molecule has 5 nitrogen and oxygen atoms in total. The first kappa shape index (κ1) is 12.9. The predicted octanol–water partition coefficient (Wildman–Crippen LogP) is 1.41. The summed E-state index contributed by atoms with van der Waals surface area (Å²) >= 11 is 1.27. The molecule has 2 atom stereocenters. The number of amides is 1. The summed E-state index contributed by atoms with van der Waals surface area (Å²) in [5.41, 5.74) is 5.36. The van der Waals surface area contributed by atoms with E-state index in [9.17, 15) is 4.79 Å². The molecule has 1 heterocycles. The lowest BCUT2D eigenvalue weighted by Gasteiger charge is -2.20. The van der Waals surface area contributed by atoms with Gasteiger partial charge in [-0.1, -0.05) is 27.2 Å². The third-order valence-corrected chi connectivity index (χ3v) is 3.27. The normalized spacial score (nSPS) is 14.4. The highest BCUT2D eigenvalue weighted by atomic mass is 32.1. The summed E-state index contributed by atoms with van der Waals surface area (Å²) < 4.78 is 4.15. The largest absolute Gasteiger partial charge is 0.368 e. The van der Waals surface area contributed by atoms with E-state index >= 15 is 0 Å². The van der Waals surface area contributed by atoms with Crippen LogP contribution in [-0.2, 0) is 11.2 Å². The van der Waals surface area contributed by atoms with E-state index in [-0.39, 0.29) is 17.9 Å². The minimum Gasteiger partial charge on any atom is -0.368 e. The van der Waals surface area contributed by atoms with E-state index in [4.69, 9.17) is 5.73 Å². The van der Waals surface area contributed by atoms with Gasteiger partial charge >= 0.3 is 0 Å². The van der Waals surface area contributed by atoms with E-state index in [1.54, 1.807) is 0 Å². The fourth-order valence-electron chi connectivity index (χ4n) is 1.32. The minimum absolute atomic E-state index is 0.187. The van der Waals surface area contributed by atoms with Crippen molar-refractivity contribution in [2.75, 3.05) is 5.32 Å². The predicted molar refractivity (Wildman–Crippen MR) is 65.3 cm³/mol. The molecule has 0 radical (unpaired) electrons. The number of carbonyl (C=O) groups excluding carboxylic acids is 1. The number of nitrogens with two attached hydrogens (primary N) is 1. The molecular weight excluding hydrogens is 224 g/mol. The molecule has 0 aliphatic carbocycles.